The van der Waals surface area contributed by atoms with E-state index in [9.17, 15) is 0 Å². The van der Waals surface area contributed by atoms with Crippen molar-refractivity contribution in [3.8, 4) is 0 Å². The number of aromatic nitrogens is 2. The number of hydrogen-bond donors (Lipinski definition) is 2. The van der Waals surface area contributed by atoms with Crippen LogP contribution in [0.4, 0.5) is 5.69 Å². The number of rotatable bonds is 6. The Balaban J connectivity index is 2.02. The smallest absolute Gasteiger partial charge is 0.0542 e. The molecule has 1 heterocycles. The Morgan fingerprint density at radius 2 is 2.26 bits per heavy atom. The summed E-state index contributed by atoms with van der Waals surface area (Å²) in [5.41, 5.74) is 3.52. The number of nitrogens with zero attached hydrogens (tertiary/aromatic N) is 2. The molecule has 2 N–H and O–H groups in total. The maximum Gasteiger partial charge on any atom is 0.0542 e. The Hall–Kier alpha value is -1.81. The summed E-state index contributed by atoms with van der Waals surface area (Å²) in [4.78, 5) is 0. The first-order valence-electron chi connectivity index (χ1n) is 6.64. The molecular formula is C15H21N3O. The topological polar surface area (TPSA) is 50.1 Å². The van der Waals surface area contributed by atoms with E-state index in [4.69, 9.17) is 5.11 Å². The van der Waals surface area contributed by atoms with Gasteiger partial charge in [0, 0.05) is 31.1 Å². The highest BCUT2D eigenvalue weighted by atomic mass is 16.2. The largest absolute Gasteiger partial charge is 0.396 e. The minimum atomic E-state index is 0.224. The molecule has 0 bridgehead atoms. The Labute approximate surface area is 114 Å². The number of nitrogens with one attached hydrogen (secondary N) is 1. The first kappa shape index (κ1) is 13.6. The lowest BCUT2D eigenvalue weighted by molar-refractivity contribution is 0.288. The number of aliphatic hydroxyl groups is 1. The maximum atomic E-state index is 8.87. The summed E-state index contributed by atoms with van der Waals surface area (Å²) in [6, 6.07) is 8.57. The third-order valence-electron chi connectivity index (χ3n) is 3.16. The first-order chi connectivity index (χ1) is 9.19. The van der Waals surface area contributed by atoms with Gasteiger partial charge in [-0.1, -0.05) is 12.1 Å². The van der Waals surface area contributed by atoms with E-state index in [-0.39, 0.29) is 12.6 Å². The van der Waals surface area contributed by atoms with E-state index in [1.54, 1.807) is 0 Å². The molecule has 0 aliphatic carbocycles. The molecule has 1 aromatic heterocycles. The summed E-state index contributed by atoms with van der Waals surface area (Å²) in [5, 5.41) is 16.5. The third kappa shape index (κ3) is 3.83. The summed E-state index contributed by atoms with van der Waals surface area (Å²) in [6.07, 6.45) is 5.62. The first-order valence-corrected chi connectivity index (χ1v) is 6.64. The van der Waals surface area contributed by atoms with Gasteiger partial charge in [-0.3, -0.25) is 4.68 Å². The van der Waals surface area contributed by atoms with Gasteiger partial charge in [0.2, 0.25) is 0 Å². The van der Waals surface area contributed by atoms with Crippen LogP contribution < -0.4 is 5.32 Å². The van der Waals surface area contributed by atoms with Crippen molar-refractivity contribution in [3.05, 3.63) is 47.8 Å². The maximum absolute atomic E-state index is 8.87. The lowest BCUT2D eigenvalue weighted by atomic mass is 10.1. The third-order valence-corrected chi connectivity index (χ3v) is 3.16. The van der Waals surface area contributed by atoms with Gasteiger partial charge in [-0.25, -0.2) is 0 Å². The fraction of sp³-hybridized carbons (Fsp3) is 0.400. The zero-order valence-electron chi connectivity index (χ0n) is 11.5. The van der Waals surface area contributed by atoms with E-state index in [0.717, 1.165) is 18.5 Å². The predicted molar refractivity (Wildman–Crippen MR) is 77.1 cm³/mol. The van der Waals surface area contributed by atoms with Crippen LogP contribution in [0.3, 0.4) is 0 Å². The van der Waals surface area contributed by atoms with Gasteiger partial charge >= 0.3 is 0 Å². The molecule has 4 heteroatoms. The molecule has 0 fully saturated rings. The molecule has 1 aromatic carbocycles. The lowest BCUT2D eigenvalue weighted by Crippen LogP contribution is -2.06. The van der Waals surface area contributed by atoms with Gasteiger partial charge in [-0.05, 0) is 37.5 Å². The summed E-state index contributed by atoms with van der Waals surface area (Å²) in [6.45, 7) is 2.36. The number of anilines is 1. The fourth-order valence-electron chi connectivity index (χ4n) is 2.10. The van der Waals surface area contributed by atoms with Gasteiger partial charge in [0.15, 0.2) is 0 Å². The van der Waals surface area contributed by atoms with Gasteiger partial charge in [-0.2, -0.15) is 5.10 Å². The molecule has 4 nitrogen and oxygen atoms in total. The average Bonchev–Trinajstić information content (AvgIpc) is 2.83. The van der Waals surface area contributed by atoms with Crippen molar-refractivity contribution in [2.24, 2.45) is 7.05 Å². The van der Waals surface area contributed by atoms with Gasteiger partial charge in [0.1, 0.15) is 0 Å². The Kier molecular flexibility index (Phi) is 4.58. The second-order valence-corrected chi connectivity index (χ2v) is 4.84. The number of hydrogen-bond acceptors (Lipinski definition) is 3. The Morgan fingerprint density at radius 1 is 1.42 bits per heavy atom. The van der Waals surface area contributed by atoms with E-state index in [2.05, 4.69) is 35.5 Å². The molecule has 0 aliphatic rings. The monoisotopic (exact) mass is 259 g/mol. The SMILES string of the molecule is CC(Nc1cccc(CCCO)c1)c1cnn(C)c1. The number of benzene rings is 1. The fourth-order valence-corrected chi connectivity index (χ4v) is 2.10. The van der Waals surface area contributed by atoms with Crippen molar-refractivity contribution in [2.75, 3.05) is 11.9 Å². The molecule has 0 amide bonds. The summed E-state index contributed by atoms with van der Waals surface area (Å²) in [5.74, 6) is 0. The van der Waals surface area contributed by atoms with Gasteiger partial charge in [0.25, 0.3) is 0 Å². The van der Waals surface area contributed by atoms with Gasteiger partial charge < -0.3 is 10.4 Å². The highest BCUT2D eigenvalue weighted by molar-refractivity contribution is 5.47. The van der Waals surface area contributed by atoms with Crippen molar-refractivity contribution < 1.29 is 5.11 Å². The van der Waals surface area contributed by atoms with Crippen LogP contribution in [0.15, 0.2) is 36.7 Å². The molecule has 0 spiro atoms. The predicted octanol–water partition coefficient (Wildman–Crippen LogP) is 2.52. The summed E-state index contributed by atoms with van der Waals surface area (Å²) >= 11 is 0. The standard InChI is InChI=1S/C15H21N3O/c1-12(14-10-16-18(2)11-14)17-15-7-3-5-13(9-15)6-4-8-19/h3,5,7,9-12,17,19H,4,6,8H2,1-2H3. The van der Waals surface area contributed by atoms with E-state index in [1.807, 2.05) is 30.2 Å². The molecule has 19 heavy (non-hydrogen) atoms. The van der Waals surface area contributed by atoms with Crippen LogP contribution in [-0.2, 0) is 13.5 Å². The minimum Gasteiger partial charge on any atom is -0.396 e. The van der Waals surface area contributed by atoms with Crippen LogP contribution in [0.25, 0.3) is 0 Å². The molecule has 2 rings (SSSR count). The van der Waals surface area contributed by atoms with Crippen molar-refractivity contribution in [1.82, 2.24) is 9.78 Å². The Morgan fingerprint density at radius 3 is 2.95 bits per heavy atom. The highest BCUT2D eigenvalue weighted by Gasteiger charge is 2.07. The van der Waals surface area contributed by atoms with Crippen molar-refractivity contribution >= 4 is 5.69 Å². The van der Waals surface area contributed by atoms with Crippen molar-refractivity contribution in [3.63, 3.8) is 0 Å². The van der Waals surface area contributed by atoms with E-state index in [0.29, 0.717) is 0 Å². The molecule has 1 atom stereocenters. The molecule has 0 saturated carbocycles. The number of aryl methyl sites for hydroxylation is 2. The van der Waals surface area contributed by atoms with Crippen molar-refractivity contribution in [2.45, 2.75) is 25.8 Å². The normalized spacial score (nSPS) is 12.4. The molecule has 0 radical (unpaired) electrons. The zero-order chi connectivity index (χ0) is 13.7. The molecule has 1 unspecified atom stereocenters. The van der Waals surface area contributed by atoms with Crippen LogP contribution in [0.1, 0.15) is 30.5 Å². The van der Waals surface area contributed by atoms with Crippen LogP contribution in [0.2, 0.25) is 0 Å². The summed E-state index contributed by atoms with van der Waals surface area (Å²) in [7, 11) is 1.92. The second kappa shape index (κ2) is 6.38. The van der Waals surface area contributed by atoms with E-state index in [1.165, 1.54) is 11.1 Å². The van der Waals surface area contributed by atoms with Crippen LogP contribution in [0.5, 0.6) is 0 Å². The Bertz CT molecular complexity index is 522. The van der Waals surface area contributed by atoms with E-state index < -0.39 is 0 Å². The quantitative estimate of drug-likeness (QED) is 0.838. The number of aliphatic hydroxyl groups excluding tert-OH is 1. The molecule has 0 aliphatic heterocycles. The lowest BCUT2D eigenvalue weighted by Gasteiger charge is -2.14. The van der Waals surface area contributed by atoms with Gasteiger partial charge in [0.05, 0.1) is 12.2 Å². The van der Waals surface area contributed by atoms with Crippen LogP contribution in [0, 0.1) is 0 Å². The summed E-state index contributed by atoms with van der Waals surface area (Å²) < 4.78 is 1.81. The van der Waals surface area contributed by atoms with Gasteiger partial charge in [-0.15, -0.1) is 0 Å². The molecule has 102 valence electrons. The average molecular weight is 259 g/mol. The van der Waals surface area contributed by atoms with Crippen molar-refractivity contribution in [1.29, 1.82) is 0 Å². The van der Waals surface area contributed by atoms with E-state index >= 15 is 0 Å². The second-order valence-electron chi connectivity index (χ2n) is 4.84. The van der Waals surface area contributed by atoms with Crippen LogP contribution >= 0.6 is 0 Å². The highest BCUT2D eigenvalue weighted by Crippen LogP contribution is 2.20. The van der Waals surface area contributed by atoms with Crippen LogP contribution in [-0.4, -0.2) is 21.5 Å². The zero-order valence-corrected chi connectivity index (χ0v) is 11.5. The molecular weight excluding hydrogens is 238 g/mol. The molecule has 2 aromatic rings. The molecule has 0 saturated heterocycles. The minimum absolute atomic E-state index is 0.224.